The lowest BCUT2D eigenvalue weighted by Gasteiger charge is -2.42. The van der Waals surface area contributed by atoms with Crippen LogP contribution in [0.1, 0.15) is 46.5 Å². The van der Waals surface area contributed by atoms with Gasteiger partial charge in [-0.2, -0.15) is 0 Å². The van der Waals surface area contributed by atoms with Gasteiger partial charge in [0.25, 0.3) is 0 Å². The summed E-state index contributed by atoms with van der Waals surface area (Å²) in [6.07, 6.45) is 5.63. The summed E-state index contributed by atoms with van der Waals surface area (Å²) in [5.74, 6) is 1.93. The highest BCUT2D eigenvalue weighted by molar-refractivity contribution is 4.91. The van der Waals surface area contributed by atoms with Crippen molar-refractivity contribution < 1.29 is 0 Å². The molecule has 0 aromatic heterocycles. The van der Waals surface area contributed by atoms with Crippen molar-refractivity contribution in [2.45, 2.75) is 52.0 Å². The van der Waals surface area contributed by atoms with Gasteiger partial charge in [0.2, 0.25) is 0 Å². The topological polar surface area (TPSA) is 15.3 Å². The van der Waals surface area contributed by atoms with Crippen molar-refractivity contribution in [3.8, 4) is 0 Å². The van der Waals surface area contributed by atoms with Crippen LogP contribution >= 0.6 is 0 Å². The molecule has 1 aliphatic carbocycles. The van der Waals surface area contributed by atoms with Crippen LogP contribution in [0.25, 0.3) is 0 Å². The molecule has 94 valence electrons. The second-order valence-corrected chi connectivity index (χ2v) is 6.24. The summed E-state index contributed by atoms with van der Waals surface area (Å²) in [5.41, 5.74) is 0.361. The number of nitrogens with zero attached hydrogens (tertiary/aromatic N) is 1. The van der Waals surface area contributed by atoms with Gasteiger partial charge in [0.1, 0.15) is 0 Å². The van der Waals surface area contributed by atoms with Gasteiger partial charge in [-0.05, 0) is 31.6 Å². The van der Waals surface area contributed by atoms with Crippen molar-refractivity contribution >= 4 is 0 Å². The molecule has 1 N–H and O–H groups in total. The third kappa shape index (κ3) is 2.78. The SMILES string of the molecule is CCC1(C)CN(CC2CCCC2C)CCN1. The van der Waals surface area contributed by atoms with Crippen LogP contribution in [0.2, 0.25) is 0 Å². The lowest BCUT2D eigenvalue weighted by molar-refractivity contribution is 0.115. The van der Waals surface area contributed by atoms with Crippen LogP contribution in [0.5, 0.6) is 0 Å². The maximum absolute atomic E-state index is 3.67. The van der Waals surface area contributed by atoms with E-state index in [4.69, 9.17) is 0 Å². The van der Waals surface area contributed by atoms with Crippen molar-refractivity contribution in [1.29, 1.82) is 0 Å². The Hall–Kier alpha value is -0.0800. The molecule has 2 rings (SSSR count). The Morgan fingerprint density at radius 3 is 2.81 bits per heavy atom. The van der Waals surface area contributed by atoms with Crippen molar-refractivity contribution in [2.75, 3.05) is 26.2 Å². The van der Waals surface area contributed by atoms with Gasteiger partial charge >= 0.3 is 0 Å². The van der Waals surface area contributed by atoms with Gasteiger partial charge in [0, 0.05) is 31.7 Å². The van der Waals surface area contributed by atoms with E-state index in [-0.39, 0.29) is 0 Å². The van der Waals surface area contributed by atoms with E-state index in [9.17, 15) is 0 Å². The molecular formula is C14H28N2. The maximum Gasteiger partial charge on any atom is 0.0278 e. The van der Waals surface area contributed by atoms with Crippen LogP contribution in [-0.2, 0) is 0 Å². The zero-order valence-electron chi connectivity index (χ0n) is 11.3. The van der Waals surface area contributed by atoms with E-state index in [0.717, 1.165) is 11.8 Å². The van der Waals surface area contributed by atoms with Gasteiger partial charge in [-0.25, -0.2) is 0 Å². The number of nitrogens with one attached hydrogen (secondary N) is 1. The van der Waals surface area contributed by atoms with E-state index in [1.165, 1.54) is 51.9 Å². The van der Waals surface area contributed by atoms with Crippen LogP contribution < -0.4 is 5.32 Å². The molecule has 1 heterocycles. The van der Waals surface area contributed by atoms with Crippen LogP contribution in [-0.4, -0.2) is 36.6 Å². The number of hydrogen-bond acceptors (Lipinski definition) is 2. The first-order chi connectivity index (χ1) is 7.63. The highest BCUT2D eigenvalue weighted by Gasteiger charge is 2.31. The first-order valence-corrected chi connectivity index (χ1v) is 7.10. The second-order valence-electron chi connectivity index (χ2n) is 6.24. The Labute approximate surface area is 101 Å². The van der Waals surface area contributed by atoms with Gasteiger partial charge < -0.3 is 5.32 Å². The predicted octanol–water partition coefficient (Wildman–Crippen LogP) is 2.50. The van der Waals surface area contributed by atoms with E-state index >= 15 is 0 Å². The predicted molar refractivity (Wildman–Crippen MR) is 69.6 cm³/mol. The summed E-state index contributed by atoms with van der Waals surface area (Å²) in [7, 11) is 0. The molecule has 2 nitrogen and oxygen atoms in total. The molecule has 16 heavy (non-hydrogen) atoms. The molecule has 0 amide bonds. The Bertz CT molecular complexity index is 229. The largest absolute Gasteiger partial charge is 0.309 e. The van der Waals surface area contributed by atoms with Gasteiger partial charge in [0.05, 0.1) is 0 Å². The summed E-state index contributed by atoms with van der Waals surface area (Å²) in [4.78, 5) is 2.70. The van der Waals surface area contributed by atoms with E-state index in [1.54, 1.807) is 0 Å². The third-order valence-electron chi connectivity index (χ3n) is 4.86. The molecule has 0 radical (unpaired) electrons. The first-order valence-electron chi connectivity index (χ1n) is 7.10. The van der Waals surface area contributed by atoms with Gasteiger partial charge in [-0.1, -0.05) is 26.7 Å². The van der Waals surface area contributed by atoms with Gasteiger partial charge in [-0.15, -0.1) is 0 Å². The Morgan fingerprint density at radius 2 is 2.19 bits per heavy atom. The Kier molecular flexibility index (Phi) is 3.91. The van der Waals surface area contributed by atoms with Crippen LogP contribution in [0.15, 0.2) is 0 Å². The minimum atomic E-state index is 0.361. The summed E-state index contributed by atoms with van der Waals surface area (Å²) in [5, 5.41) is 3.67. The summed E-state index contributed by atoms with van der Waals surface area (Å²) in [6.45, 7) is 12.1. The molecule has 0 aromatic rings. The van der Waals surface area contributed by atoms with Crippen molar-refractivity contribution in [1.82, 2.24) is 10.2 Å². The quantitative estimate of drug-likeness (QED) is 0.792. The fourth-order valence-electron chi connectivity index (χ4n) is 3.36. The lowest BCUT2D eigenvalue weighted by Crippen LogP contribution is -2.59. The monoisotopic (exact) mass is 224 g/mol. The van der Waals surface area contributed by atoms with E-state index in [2.05, 4.69) is 31.0 Å². The van der Waals surface area contributed by atoms with Crippen molar-refractivity contribution in [3.05, 3.63) is 0 Å². The molecule has 0 spiro atoms. The summed E-state index contributed by atoms with van der Waals surface area (Å²) in [6, 6.07) is 0. The summed E-state index contributed by atoms with van der Waals surface area (Å²) < 4.78 is 0. The highest BCUT2D eigenvalue weighted by atomic mass is 15.2. The number of rotatable bonds is 3. The highest BCUT2D eigenvalue weighted by Crippen LogP contribution is 2.32. The molecule has 1 saturated heterocycles. The fourth-order valence-corrected chi connectivity index (χ4v) is 3.36. The lowest BCUT2D eigenvalue weighted by atomic mass is 9.93. The zero-order chi connectivity index (χ0) is 11.6. The zero-order valence-corrected chi connectivity index (χ0v) is 11.3. The average Bonchev–Trinajstić information content (AvgIpc) is 2.65. The Balaban J connectivity index is 1.85. The molecule has 2 fully saturated rings. The van der Waals surface area contributed by atoms with Crippen molar-refractivity contribution in [2.24, 2.45) is 11.8 Å². The molecule has 3 unspecified atom stereocenters. The van der Waals surface area contributed by atoms with Gasteiger partial charge in [0.15, 0.2) is 0 Å². The molecule has 3 atom stereocenters. The summed E-state index contributed by atoms with van der Waals surface area (Å²) >= 11 is 0. The van der Waals surface area contributed by atoms with Crippen LogP contribution in [0.4, 0.5) is 0 Å². The van der Waals surface area contributed by atoms with Crippen molar-refractivity contribution in [3.63, 3.8) is 0 Å². The first kappa shape index (κ1) is 12.4. The second kappa shape index (κ2) is 5.05. The van der Waals surface area contributed by atoms with E-state index in [1.807, 2.05) is 0 Å². The standard InChI is InChI=1S/C14H28N2/c1-4-14(3)11-16(9-8-15-14)10-13-7-5-6-12(13)2/h12-13,15H,4-11H2,1-3H3. The third-order valence-corrected chi connectivity index (χ3v) is 4.86. The number of piperazine rings is 1. The molecule has 1 aliphatic heterocycles. The minimum Gasteiger partial charge on any atom is -0.309 e. The fraction of sp³-hybridized carbons (Fsp3) is 1.00. The molecule has 1 saturated carbocycles. The smallest absolute Gasteiger partial charge is 0.0278 e. The normalized spacial score (nSPS) is 41.4. The van der Waals surface area contributed by atoms with E-state index in [0.29, 0.717) is 5.54 Å². The number of hydrogen-bond donors (Lipinski definition) is 1. The Morgan fingerprint density at radius 1 is 1.38 bits per heavy atom. The average molecular weight is 224 g/mol. The van der Waals surface area contributed by atoms with Gasteiger partial charge in [-0.3, -0.25) is 4.90 Å². The molecule has 2 aliphatic rings. The molecular weight excluding hydrogens is 196 g/mol. The molecule has 0 bridgehead atoms. The molecule has 2 heteroatoms. The minimum absolute atomic E-state index is 0.361. The molecule has 0 aromatic carbocycles. The van der Waals surface area contributed by atoms with Crippen LogP contribution in [0, 0.1) is 11.8 Å². The maximum atomic E-state index is 3.67. The van der Waals surface area contributed by atoms with Crippen LogP contribution in [0.3, 0.4) is 0 Å². The van der Waals surface area contributed by atoms with E-state index < -0.39 is 0 Å².